The fraction of sp³-hybridized carbons (Fsp3) is 0.200. The van der Waals surface area contributed by atoms with Gasteiger partial charge in [0.15, 0.2) is 6.30 Å². The normalized spacial score (nSPS) is 26.6. The van der Waals surface area contributed by atoms with E-state index in [1.807, 2.05) is 0 Å². The van der Waals surface area contributed by atoms with Crippen molar-refractivity contribution in [2.24, 2.45) is 5.73 Å². The number of allylic oxidation sites excluding steroid dienone is 1. The summed E-state index contributed by atoms with van der Waals surface area (Å²) in [6.45, 7) is 0. The average Bonchev–Trinajstić information content (AvgIpc) is 1.64. The van der Waals surface area contributed by atoms with E-state index < -0.39 is 6.30 Å². The molecular weight excluding hydrogens is 107 g/mol. The summed E-state index contributed by atoms with van der Waals surface area (Å²) in [7, 11) is 0. The zero-order chi connectivity index (χ0) is 5.98. The van der Waals surface area contributed by atoms with Gasteiger partial charge in [-0.25, -0.2) is 4.39 Å². The first-order chi connectivity index (χ1) is 3.79. The maximum absolute atomic E-state index is 12.1. The molecule has 2 nitrogen and oxygen atoms in total. The Labute approximate surface area is 46.9 Å². The van der Waals surface area contributed by atoms with Crippen molar-refractivity contribution in [1.82, 2.24) is 5.32 Å². The van der Waals surface area contributed by atoms with Crippen molar-refractivity contribution in [1.29, 1.82) is 0 Å². The van der Waals surface area contributed by atoms with Crippen LogP contribution in [-0.4, -0.2) is 6.30 Å². The van der Waals surface area contributed by atoms with Crippen LogP contribution in [0.4, 0.5) is 4.39 Å². The summed E-state index contributed by atoms with van der Waals surface area (Å²) in [6, 6.07) is 0. The molecular formula is C5H7FN2. The van der Waals surface area contributed by atoms with Crippen molar-refractivity contribution in [3.05, 3.63) is 24.0 Å². The zero-order valence-electron chi connectivity index (χ0n) is 4.26. The number of nitrogens with one attached hydrogen (secondary N) is 1. The number of halogens is 1. The molecule has 1 rings (SSSR count). The van der Waals surface area contributed by atoms with Gasteiger partial charge in [0, 0.05) is 11.9 Å². The zero-order valence-corrected chi connectivity index (χ0v) is 4.26. The van der Waals surface area contributed by atoms with Crippen LogP contribution in [0.2, 0.25) is 0 Å². The molecule has 0 aromatic rings. The molecule has 0 bridgehead atoms. The lowest BCUT2D eigenvalue weighted by Gasteiger charge is -2.07. The lowest BCUT2D eigenvalue weighted by atomic mass is 10.3. The number of hydrogen-bond acceptors (Lipinski definition) is 2. The third-order valence-corrected chi connectivity index (χ3v) is 0.870. The SMILES string of the molecule is NC1=CC(F)NC=C1. The molecule has 0 saturated heterocycles. The van der Waals surface area contributed by atoms with Crippen molar-refractivity contribution in [3.63, 3.8) is 0 Å². The summed E-state index contributed by atoms with van der Waals surface area (Å²) in [5.41, 5.74) is 5.69. The maximum atomic E-state index is 12.1. The van der Waals surface area contributed by atoms with Crippen molar-refractivity contribution in [3.8, 4) is 0 Å². The number of rotatable bonds is 0. The Balaban J connectivity index is 2.63. The Bertz CT molecular complexity index is 139. The average molecular weight is 114 g/mol. The first kappa shape index (κ1) is 5.15. The van der Waals surface area contributed by atoms with Crippen molar-refractivity contribution >= 4 is 0 Å². The van der Waals surface area contributed by atoms with Gasteiger partial charge in [0.2, 0.25) is 0 Å². The van der Waals surface area contributed by atoms with Gasteiger partial charge in [-0.2, -0.15) is 0 Å². The van der Waals surface area contributed by atoms with Crippen molar-refractivity contribution in [2.45, 2.75) is 6.30 Å². The number of alkyl halides is 1. The van der Waals surface area contributed by atoms with E-state index in [0.717, 1.165) is 0 Å². The summed E-state index contributed by atoms with van der Waals surface area (Å²) >= 11 is 0. The second-order valence-electron chi connectivity index (χ2n) is 1.57. The van der Waals surface area contributed by atoms with Crippen LogP contribution in [0.5, 0.6) is 0 Å². The van der Waals surface area contributed by atoms with Gasteiger partial charge >= 0.3 is 0 Å². The quantitative estimate of drug-likeness (QED) is 0.443. The molecule has 0 aromatic carbocycles. The number of hydrogen-bond donors (Lipinski definition) is 2. The van der Waals surface area contributed by atoms with Gasteiger partial charge in [0.05, 0.1) is 0 Å². The summed E-state index contributed by atoms with van der Waals surface area (Å²) < 4.78 is 12.1. The monoisotopic (exact) mass is 114 g/mol. The highest BCUT2D eigenvalue weighted by Gasteiger charge is 2.00. The first-order valence-corrected chi connectivity index (χ1v) is 2.33. The van der Waals surface area contributed by atoms with Gasteiger partial charge < -0.3 is 11.1 Å². The van der Waals surface area contributed by atoms with Crippen LogP contribution in [0.1, 0.15) is 0 Å². The molecule has 1 heterocycles. The molecule has 1 aliphatic rings. The molecule has 1 aliphatic heterocycles. The third kappa shape index (κ3) is 0.992. The Hall–Kier alpha value is -0.990. The molecule has 0 spiro atoms. The summed E-state index contributed by atoms with van der Waals surface area (Å²) in [4.78, 5) is 0. The van der Waals surface area contributed by atoms with E-state index in [1.165, 1.54) is 12.3 Å². The minimum atomic E-state index is -1.11. The van der Waals surface area contributed by atoms with Crippen LogP contribution < -0.4 is 11.1 Å². The van der Waals surface area contributed by atoms with E-state index in [1.54, 1.807) is 6.08 Å². The molecule has 0 saturated carbocycles. The Morgan fingerprint density at radius 1 is 1.75 bits per heavy atom. The largest absolute Gasteiger partial charge is 0.399 e. The van der Waals surface area contributed by atoms with Crippen LogP contribution in [0.25, 0.3) is 0 Å². The Morgan fingerprint density at radius 2 is 2.50 bits per heavy atom. The van der Waals surface area contributed by atoms with Crippen molar-refractivity contribution < 1.29 is 4.39 Å². The van der Waals surface area contributed by atoms with E-state index in [9.17, 15) is 4.39 Å². The standard InChI is InChI=1S/C5H7FN2/c6-5-3-4(7)1-2-8-5/h1-3,5,8H,7H2. The molecule has 1 unspecified atom stereocenters. The minimum absolute atomic E-state index is 0.469. The van der Waals surface area contributed by atoms with Gasteiger partial charge in [-0.05, 0) is 12.2 Å². The van der Waals surface area contributed by atoms with Gasteiger partial charge in [-0.15, -0.1) is 0 Å². The van der Waals surface area contributed by atoms with Crippen molar-refractivity contribution in [2.75, 3.05) is 0 Å². The van der Waals surface area contributed by atoms with Crippen LogP contribution >= 0.6 is 0 Å². The van der Waals surface area contributed by atoms with E-state index in [2.05, 4.69) is 5.32 Å². The van der Waals surface area contributed by atoms with Crippen LogP contribution in [-0.2, 0) is 0 Å². The fourth-order valence-corrected chi connectivity index (χ4v) is 0.509. The second-order valence-corrected chi connectivity index (χ2v) is 1.57. The third-order valence-electron chi connectivity index (χ3n) is 0.870. The lowest BCUT2D eigenvalue weighted by molar-refractivity contribution is 0.362. The fourth-order valence-electron chi connectivity index (χ4n) is 0.509. The molecule has 0 fully saturated rings. The number of dihydropyridines is 1. The van der Waals surface area contributed by atoms with Crippen LogP contribution in [0, 0.1) is 0 Å². The van der Waals surface area contributed by atoms with Gasteiger partial charge in [-0.1, -0.05) is 0 Å². The van der Waals surface area contributed by atoms with E-state index in [4.69, 9.17) is 5.73 Å². The molecule has 0 aromatic heterocycles. The maximum Gasteiger partial charge on any atom is 0.190 e. The predicted molar refractivity (Wildman–Crippen MR) is 29.4 cm³/mol. The Kier molecular flexibility index (Phi) is 1.20. The molecule has 8 heavy (non-hydrogen) atoms. The first-order valence-electron chi connectivity index (χ1n) is 2.33. The van der Waals surface area contributed by atoms with Crippen LogP contribution in [0.15, 0.2) is 24.0 Å². The van der Waals surface area contributed by atoms with Gasteiger partial charge in [0.1, 0.15) is 0 Å². The smallest absolute Gasteiger partial charge is 0.190 e. The molecule has 1 atom stereocenters. The topological polar surface area (TPSA) is 38.0 Å². The Morgan fingerprint density at radius 3 is 2.88 bits per heavy atom. The molecule has 3 heteroatoms. The van der Waals surface area contributed by atoms with Gasteiger partial charge in [-0.3, -0.25) is 0 Å². The predicted octanol–water partition coefficient (Wildman–Crippen LogP) is 0.241. The molecule has 3 N–H and O–H groups in total. The van der Waals surface area contributed by atoms with E-state index >= 15 is 0 Å². The van der Waals surface area contributed by atoms with Crippen LogP contribution in [0.3, 0.4) is 0 Å². The molecule has 44 valence electrons. The summed E-state index contributed by atoms with van der Waals surface area (Å²) in [5.74, 6) is 0. The summed E-state index contributed by atoms with van der Waals surface area (Å²) in [5, 5.41) is 2.41. The summed E-state index contributed by atoms with van der Waals surface area (Å²) in [6.07, 6.45) is 3.29. The van der Waals surface area contributed by atoms with E-state index in [0.29, 0.717) is 5.70 Å². The van der Waals surface area contributed by atoms with E-state index in [-0.39, 0.29) is 0 Å². The number of nitrogens with two attached hydrogens (primary N) is 1. The second kappa shape index (κ2) is 1.86. The molecule has 0 aliphatic carbocycles. The highest BCUT2D eigenvalue weighted by atomic mass is 19.1. The highest BCUT2D eigenvalue weighted by Crippen LogP contribution is 1.98. The molecule has 0 radical (unpaired) electrons. The van der Waals surface area contributed by atoms with Gasteiger partial charge in [0.25, 0.3) is 0 Å². The highest BCUT2D eigenvalue weighted by molar-refractivity contribution is 5.19. The lowest BCUT2D eigenvalue weighted by Crippen LogP contribution is -2.21. The molecule has 0 amide bonds. The minimum Gasteiger partial charge on any atom is -0.399 e.